The summed E-state index contributed by atoms with van der Waals surface area (Å²) < 4.78 is 31.0. The van der Waals surface area contributed by atoms with Gasteiger partial charge in [0.1, 0.15) is 0 Å². The summed E-state index contributed by atoms with van der Waals surface area (Å²) in [6.45, 7) is 2.95. The van der Waals surface area contributed by atoms with E-state index in [1.54, 1.807) is 12.1 Å². The Morgan fingerprint density at radius 2 is 2.15 bits per heavy atom. The van der Waals surface area contributed by atoms with E-state index in [1.807, 2.05) is 6.07 Å². The second kappa shape index (κ2) is 5.80. The fourth-order valence-electron chi connectivity index (χ4n) is 2.09. The van der Waals surface area contributed by atoms with Crippen molar-refractivity contribution in [3.63, 3.8) is 0 Å². The number of nitrogens with one attached hydrogen (secondary N) is 2. The van der Waals surface area contributed by atoms with Crippen LogP contribution in [0.25, 0.3) is 0 Å². The van der Waals surface area contributed by atoms with E-state index < -0.39 is 21.2 Å². The number of ether oxygens (including phenoxy) is 1. The van der Waals surface area contributed by atoms with E-state index in [2.05, 4.69) is 14.8 Å². The summed E-state index contributed by atoms with van der Waals surface area (Å²) in [4.78, 5) is 11.3. The molecule has 110 valence electrons. The van der Waals surface area contributed by atoms with Crippen LogP contribution in [0.1, 0.15) is 18.1 Å². The van der Waals surface area contributed by atoms with Gasteiger partial charge in [0.15, 0.2) is 5.25 Å². The second-order valence-corrected chi connectivity index (χ2v) is 6.72. The number of carbonyl (C=O) groups excluding carboxylic acids is 1. The highest BCUT2D eigenvalue weighted by Crippen LogP contribution is 2.20. The van der Waals surface area contributed by atoms with Gasteiger partial charge < -0.3 is 10.1 Å². The van der Waals surface area contributed by atoms with Crippen molar-refractivity contribution >= 4 is 21.7 Å². The fourth-order valence-corrected chi connectivity index (χ4v) is 3.07. The fraction of sp³-hybridized carbons (Fsp3) is 0.462. The van der Waals surface area contributed by atoms with Gasteiger partial charge in [-0.1, -0.05) is 6.07 Å². The van der Waals surface area contributed by atoms with Crippen LogP contribution in [0.5, 0.6) is 0 Å². The molecule has 0 amide bonds. The Kier molecular flexibility index (Phi) is 4.29. The normalized spacial score (nSPS) is 16.1. The second-order valence-electron chi connectivity index (χ2n) is 4.72. The van der Waals surface area contributed by atoms with Gasteiger partial charge in [-0.25, -0.2) is 8.42 Å². The lowest BCUT2D eigenvalue weighted by atomic mass is 10.0. The number of benzene rings is 1. The van der Waals surface area contributed by atoms with Crippen LogP contribution < -0.4 is 10.0 Å². The van der Waals surface area contributed by atoms with E-state index in [1.165, 1.54) is 19.6 Å². The van der Waals surface area contributed by atoms with Crippen LogP contribution in [0.2, 0.25) is 0 Å². The summed E-state index contributed by atoms with van der Waals surface area (Å²) in [6, 6.07) is 5.42. The summed E-state index contributed by atoms with van der Waals surface area (Å²) in [7, 11) is -2.63. The highest BCUT2D eigenvalue weighted by atomic mass is 32.2. The third-order valence-electron chi connectivity index (χ3n) is 3.35. The Balaban J connectivity index is 2.19. The molecule has 1 aromatic rings. The molecule has 7 heteroatoms. The van der Waals surface area contributed by atoms with Crippen LogP contribution in [-0.4, -0.2) is 33.3 Å². The summed E-state index contributed by atoms with van der Waals surface area (Å²) in [5.41, 5.74) is 2.75. The van der Waals surface area contributed by atoms with Gasteiger partial charge in [0.2, 0.25) is 10.0 Å². The van der Waals surface area contributed by atoms with Gasteiger partial charge in [-0.05, 0) is 43.1 Å². The third kappa shape index (κ3) is 3.10. The van der Waals surface area contributed by atoms with Crippen molar-refractivity contribution < 1.29 is 17.9 Å². The zero-order chi connectivity index (χ0) is 14.8. The first-order valence-corrected chi connectivity index (χ1v) is 7.90. The van der Waals surface area contributed by atoms with Crippen LogP contribution >= 0.6 is 0 Å². The van der Waals surface area contributed by atoms with Crippen LogP contribution in [-0.2, 0) is 32.5 Å². The molecule has 0 radical (unpaired) electrons. The maximum absolute atomic E-state index is 12.0. The zero-order valence-corrected chi connectivity index (χ0v) is 12.3. The Labute approximate surface area is 118 Å². The van der Waals surface area contributed by atoms with Gasteiger partial charge in [-0.15, -0.1) is 0 Å². The maximum Gasteiger partial charge on any atom is 0.325 e. The minimum absolute atomic E-state index is 0.461. The van der Waals surface area contributed by atoms with E-state index in [4.69, 9.17) is 0 Å². The first-order chi connectivity index (χ1) is 9.44. The van der Waals surface area contributed by atoms with Crippen LogP contribution in [0.4, 0.5) is 5.69 Å². The number of hydrogen-bond donors (Lipinski definition) is 2. The van der Waals surface area contributed by atoms with E-state index >= 15 is 0 Å². The number of methoxy groups -OCH3 is 1. The average Bonchev–Trinajstić information content (AvgIpc) is 2.45. The van der Waals surface area contributed by atoms with Crippen molar-refractivity contribution in [1.82, 2.24) is 5.32 Å². The lowest BCUT2D eigenvalue weighted by Crippen LogP contribution is -2.33. The molecule has 1 atom stereocenters. The van der Waals surface area contributed by atoms with Crippen molar-refractivity contribution in [1.29, 1.82) is 0 Å². The summed E-state index contributed by atoms with van der Waals surface area (Å²) in [5, 5.41) is 1.98. The molecule has 0 bridgehead atoms. The van der Waals surface area contributed by atoms with E-state index in [9.17, 15) is 13.2 Å². The number of sulfonamides is 1. The first-order valence-electron chi connectivity index (χ1n) is 6.36. The van der Waals surface area contributed by atoms with Gasteiger partial charge in [-0.2, -0.15) is 0 Å². The third-order valence-corrected chi connectivity index (χ3v) is 5.00. The number of hydrogen-bond acceptors (Lipinski definition) is 5. The molecule has 0 saturated carbocycles. The number of fused-ring (bicyclic) bond motifs is 1. The van der Waals surface area contributed by atoms with Gasteiger partial charge >= 0.3 is 5.97 Å². The van der Waals surface area contributed by atoms with Crippen LogP contribution in [0.15, 0.2) is 18.2 Å². The largest absolute Gasteiger partial charge is 0.468 e. The monoisotopic (exact) mass is 298 g/mol. The van der Waals surface area contributed by atoms with Crippen LogP contribution in [0.3, 0.4) is 0 Å². The van der Waals surface area contributed by atoms with Crippen LogP contribution in [0, 0.1) is 0 Å². The van der Waals surface area contributed by atoms with Crippen molar-refractivity contribution in [3.05, 3.63) is 29.3 Å². The Hall–Kier alpha value is -1.60. The minimum atomic E-state index is -3.80. The average molecular weight is 298 g/mol. The van der Waals surface area contributed by atoms with Crippen molar-refractivity contribution in [3.8, 4) is 0 Å². The van der Waals surface area contributed by atoms with E-state index in [0.717, 1.165) is 25.1 Å². The Bertz CT molecular complexity index is 613. The molecular weight excluding hydrogens is 280 g/mol. The number of esters is 1. The summed E-state index contributed by atoms with van der Waals surface area (Å²) in [6.07, 6.45) is 0.931. The predicted molar refractivity (Wildman–Crippen MR) is 75.9 cm³/mol. The predicted octanol–water partition coefficient (Wildman–Crippen LogP) is 0.635. The number of rotatable bonds is 4. The highest BCUT2D eigenvalue weighted by Gasteiger charge is 2.29. The maximum atomic E-state index is 12.0. The molecule has 0 fully saturated rings. The molecule has 20 heavy (non-hydrogen) atoms. The molecule has 1 aromatic carbocycles. The molecule has 6 nitrogen and oxygen atoms in total. The quantitative estimate of drug-likeness (QED) is 0.797. The van der Waals surface area contributed by atoms with E-state index in [0.29, 0.717) is 5.69 Å². The number of anilines is 1. The van der Waals surface area contributed by atoms with Gasteiger partial charge in [0, 0.05) is 12.2 Å². The SMILES string of the molecule is COC(=O)C(C)S(=O)(=O)Nc1ccc2c(c1)CNCC2. The first kappa shape index (κ1) is 14.8. The number of carbonyl (C=O) groups is 1. The van der Waals surface area contributed by atoms with Crippen molar-refractivity contribution in [2.24, 2.45) is 0 Å². The molecule has 0 saturated heterocycles. The molecule has 1 aliphatic heterocycles. The molecule has 1 unspecified atom stereocenters. The van der Waals surface area contributed by atoms with E-state index in [-0.39, 0.29) is 0 Å². The Morgan fingerprint density at radius 1 is 1.40 bits per heavy atom. The standard InChI is InChI=1S/C13H18N2O4S/c1-9(13(16)19-2)20(17,18)15-12-4-3-10-5-6-14-8-11(10)7-12/h3-4,7,9,14-15H,5-6,8H2,1-2H3. The topological polar surface area (TPSA) is 84.5 Å². The minimum Gasteiger partial charge on any atom is -0.468 e. The lowest BCUT2D eigenvalue weighted by Gasteiger charge is -2.19. The Morgan fingerprint density at radius 3 is 2.85 bits per heavy atom. The molecule has 1 heterocycles. The molecule has 0 spiro atoms. The molecular formula is C13H18N2O4S. The van der Waals surface area contributed by atoms with Crippen molar-refractivity contribution in [2.45, 2.75) is 25.1 Å². The molecule has 0 aliphatic carbocycles. The zero-order valence-electron chi connectivity index (χ0n) is 11.5. The van der Waals surface area contributed by atoms with Gasteiger partial charge in [-0.3, -0.25) is 9.52 Å². The summed E-state index contributed by atoms with van der Waals surface area (Å²) in [5.74, 6) is -0.780. The molecule has 2 N–H and O–H groups in total. The van der Waals surface area contributed by atoms with Gasteiger partial charge in [0.25, 0.3) is 0 Å². The molecule has 0 aromatic heterocycles. The smallest absolute Gasteiger partial charge is 0.325 e. The molecule has 2 rings (SSSR count). The van der Waals surface area contributed by atoms with Crippen molar-refractivity contribution in [2.75, 3.05) is 18.4 Å². The van der Waals surface area contributed by atoms with Gasteiger partial charge in [0.05, 0.1) is 7.11 Å². The lowest BCUT2D eigenvalue weighted by molar-refractivity contribution is -0.139. The highest BCUT2D eigenvalue weighted by molar-refractivity contribution is 7.94. The summed E-state index contributed by atoms with van der Waals surface area (Å²) >= 11 is 0. The molecule has 1 aliphatic rings.